The van der Waals surface area contributed by atoms with E-state index in [-0.39, 0.29) is 10.6 Å². The van der Waals surface area contributed by atoms with Gasteiger partial charge in [-0.2, -0.15) is 0 Å². The maximum absolute atomic E-state index is 10.5. The van der Waals surface area contributed by atoms with Crippen LogP contribution in [0.15, 0.2) is 24.3 Å². The number of nitro groups is 1. The normalized spacial score (nSPS) is 21.2. The summed E-state index contributed by atoms with van der Waals surface area (Å²) >= 11 is 0. The summed E-state index contributed by atoms with van der Waals surface area (Å²) in [6.07, 6.45) is 3.58. The number of rotatable bonds is 2. The van der Waals surface area contributed by atoms with Crippen LogP contribution in [-0.4, -0.2) is 11.5 Å². The summed E-state index contributed by atoms with van der Waals surface area (Å²) < 4.78 is 0. The van der Waals surface area contributed by atoms with Gasteiger partial charge in [0, 0.05) is 18.2 Å². The van der Waals surface area contributed by atoms with E-state index >= 15 is 0 Å². The quantitative estimate of drug-likeness (QED) is 0.597. The van der Waals surface area contributed by atoms with Gasteiger partial charge in [0.1, 0.15) is 0 Å². The van der Waals surface area contributed by atoms with Gasteiger partial charge in [0.25, 0.3) is 5.69 Å². The number of nitrogens with zero attached hydrogens (tertiary/aromatic N) is 1. The number of nitro benzene ring substituents is 1. The first-order valence-corrected chi connectivity index (χ1v) is 5.25. The molecule has 1 atom stereocenters. The zero-order valence-corrected chi connectivity index (χ0v) is 8.48. The molecule has 0 aromatic heterocycles. The van der Waals surface area contributed by atoms with Gasteiger partial charge in [-0.3, -0.25) is 10.1 Å². The van der Waals surface area contributed by atoms with Crippen LogP contribution in [0, 0.1) is 10.1 Å². The number of hydrogen-bond acceptors (Lipinski definition) is 3. The molecule has 0 saturated carbocycles. The van der Waals surface area contributed by atoms with Crippen LogP contribution in [-0.2, 0) is 0 Å². The molecule has 2 rings (SSSR count). The monoisotopic (exact) mass is 206 g/mol. The van der Waals surface area contributed by atoms with Gasteiger partial charge < -0.3 is 5.32 Å². The lowest BCUT2D eigenvalue weighted by molar-refractivity contribution is -0.384. The summed E-state index contributed by atoms with van der Waals surface area (Å²) in [4.78, 5) is 10.1. The van der Waals surface area contributed by atoms with E-state index in [0.717, 1.165) is 18.5 Å². The first kappa shape index (κ1) is 10.1. The Morgan fingerprint density at radius 1 is 1.27 bits per heavy atom. The fourth-order valence-electron chi connectivity index (χ4n) is 1.96. The second-order valence-electron chi connectivity index (χ2n) is 3.85. The van der Waals surface area contributed by atoms with Gasteiger partial charge in [-0.25, -0.2) is 0 Å². The van der Waals surface area contributed by atoms with Crippen molar-refractivity contribution in [1.29, 1.82) is 0 Å². The molecule has 1 aliphatic rings. The zero-order valence-electron chi connectivity index (χ0n) is 8.48. The van der Waals surface area contributed by atoms with E-state index < -0.39 is 0 Å². The van der Waals surface area contributed by atoms with Crippen molar-refractivity contribution < 1.29 is 4.92 Å². The third-order valence-electron chi connectivity index (χ3n) is 2.82. The summed E-state index contributed by atoms with van der Waals surface area (Å²) in [5, 5.41) is 13.9. The Labute approximate surface area is 88.5 Å². The molecule has 0 bridgehead atoms. The maximum atomic E-state index is 10.5. The van der Waals surface area contributed by atoms with Gasteiger partial charge >= 0.3 is 0 Å². The van der Waals surface area contributed by atoms with Crippen molar-refractivity contribution in [2.75, 3.05) is 6.54 Å². The van der Waals surface area contributed by atoms with Crippen LogP contribution in [0.2, 0.25) is 0 Å². The van der Waals surface area contributed by atoms with Crippen molar-refractivity contribution in [2.45, 2.75) is 25.3 Å². The van der Waals surface area contributed by atoms with Crippen LogP contribution in [0.25, 0.3) is 0 Å². The lowest BCUT2D eigenvalue weighted by atomic mass is 9.97. The third kappa shape index (κ3) is 2.33. The highest BCUT2D eigenvalue weighted by atomic mass is 16.6. The van der Waals surface area contributed by atoms with Crippen molar-refractivity contribution in [3.8, 4) is 0 Å². The molecule has 4 nitrogen and oxygen atoms in total. The zero-order chi connectivity index (χ0) is 10.7. The topological polar surface area (TPSA) is 55.2 Å². The highest BCUT2D eigenvalue weighted by Gasteiger charge is 2.15. The van der Waals surface area contributed by atoms with Crippen molar-refractivity contribution >= 4 is 5.69 Å². The summed E-state index contributed by atoms with van der Waals surface area (Å²) in [7, 11) is 0. The summed E-state index contributed by atoms with van der Waals surface area (Å²) in [5.74, 6) is 0. The van der Waals surface area contributed by atoms with Gasteiger partial charge in [-0.05, 0) is 24.9 Å². The molecule has 1 heterocycles. The molecule has 4 heteroatoms. The minimum atomic E-state index is -0.363. The smallest absolute Gasteiger partial charge is 0.269 e. The Morgan fingerprint density at radius 3 is 2.53 bits per heavy atom. The SMILES string of the molecule is O=[N+]([O-])c1ccc([C@H]2CCCCN2)cc1. The molecule has 0 amide bonds. The van der Waals surface area contributed by atoms with Gasteiger partial charge in [0.2, 0.25) is 0 Å². The van der Waals surface area contributed by atoms with Gasteiger partial charge in [0.05, 0.1) is 4.92 Å². The molecule has 80 valence electrons. The second-order valence-corrected chi connectivity index (χ2v) is 3.85. The molecular weight excluding hydrogens is 192 g/mol. The number of nitrogens with one attached hydrogen (secondary N) is 1. The van der Waals surface area contributed by atoms with Crippen LogP contribution < -0.4 is 5.32 Å². The Bertz CT molecular complexity index is 342. The lowest BCUT2D eigenvalue weighted by Gasteiger charge is -2.23. The number of non-ortho nitro benzene ring substituents is 1. The van der Waals surface area contributed by atoms with Crippen LogP contribution in [0.4, 0.5) is 5.69 Å². The molecule has 1 aliphatic heterocycles. The molecule has 1 aromatic carbocycles. The van der Waals surface area contributed by atoms with Crippen LogP contribution in [0.5, 0.6) is 0 Å². The number of hydrogen-bond donors (Lipinski definition) is 1. The molecule has 0 aliphatic carbocycles. The molecule has 0 spiro atoms. The summed E-state index contributed by atoms with van der Waals surface area (Å²) in [6, 6.07) is 7.22. The van der Waals surface area contributed by atoms with E-state index in [9.17, 15) is 10.1 Å². The minimum absolute atomic E-state index is 0.162. The molecule has 0 unspecified atom stereocenters. The fraction of sp³-hybridized carbons (Fsp3) is 0.455. The Balaban J connectivity index is 2.11. The molecule has 0 radical (unpaired) electrons. The summed E-state index contributed by atoms with van der Waals surface area (Å²) in [5.41, 5.74) is 1.31. The van der Waals surface area contributed by atoms with E-state index in [1.165, 1.54) is 12.8 Å². The van der Waals surface area contributed by atoms with Crippen LogP contribution in [0.1, 0.15) is 30.9 Å². The van der Waals surface area contributed by atoms with E-state index in [1.807, 2.05) is 12.1 Å². The minimum Gasteiger partial charge on any atom is -0.310 e. The molecule has 15 heavy (non-hydrogen) atoms. The second kappa shape index (κ2) is 4.40. The van der Waals surface area contributed by atoms with Crippen LogP contribution >= 0.6 is 0 Å². The Kier molecular flexibility index (Phi) is 2.97. The molecule has 1 N–H and O–H groups in total. The van der Waals surface area contributed by atoms with E-state index in [0.29, 0.717) is 6.04 Å². The Morgan fingerprint density at radius 2 is 2.00 bits per heavy atom. The average molecular weight is 206 g/mol. The predicted octanol–water partition coefficient (Wildman–Crippen LogP) is 2.41. The molecule has 1 aromatic rings. The largest absolute Gasteiger partial charge is 0.310 e. The first-order valence-electron chi connectivity index (χ1n) is 5.25. The molecule has 1 saturated heterocycles. The number of benzene rings is 1. The van der Waals surface area contributed by atoms with Crippen molar-refractivity contribution in [3.05, 3.63) is 39.9 Å². The molecule has 1 fully saturated rings. The Hall–Kier alpha value is -1.42. The summed E-state index contributed by atoms with van der Waals surface area (Å²) in [6.45, 7) is 1.04. The highest BCUT2D eigenvalue weighted by Crippen LogP contribution is 2.24. The van der Waals surface area contributed by atoms with Crippen LogP contribution in [0.3, 0.4) is 0 Å². The van der Waals surface area contributed by atoms with E-state index in [2.05, 4.69) is 5.32 Å². The number of piperidine rings is 1. The van der Waals surface area contributed by atoms with Gasteiger partial charge in [-0.15, -0.1) is 0 Å². The average Bonchev–Trinajstić information content (AvgIpc) is 2.30. The van der Waals surface area contributed by atoms with Gasteiger partial charge in [0.15, 0.2) is 0 Å². The maximum Gasteiger partial charge on any atom is 0.269 e. The van der Waals surface area contributed by atoms with E-state index in [4.69, 9.17) is 0 Å². The van der Waals surface area contributed by atoms with Crippen molar-refractivity contribution in [3.63, 3.8) is 0 Å². The van der Waals surface area contributed by atoms with Gasteiger partial charge in [-0.1, -0.05) is 18.6 Å². The van der Waals surface area contributed by atoms with E-state index in [1.54, 1.807) is 12.1 Å². The standard InChI is InChI=1S/C11H14N2O2/c14-13(15)10-6-4-9(5-7-10)11-3-1-2-8-12-11/h4-7,11-12H,1-3,8H2/t11-/m1/s1. The fourth-order valence-corrected chi connectivity index (χ4v) is 1.96. The highest BCUT2D eigenvalue weighted by molar-refractivity contribution is 5.34. The lowest BCUT2D eigenvalue weighted by Crippen LogP contribution is -2.26. The predicted molar refractivity (Wildman–Crippen MR) is 57.7 cm³/mol. The third-order valence-corrected chi connectivity index (χ3v) is 2.82. The van der Waals surface area contributed by atoms with Crippen molar-refractivity contribution in [2.24, 2.45) is 0 Å². The first-order chi connectivity index (χ1) is 7.27. The molecular formula is C11H14N2O2. The van der Waals surface area contributed by atoms with Crippen molar-refractivity contribution in [1.82, 2.24) is 5.32 Å².